The van der Waals surface area contributed by atoms with Gasteiger partial charge >= 0.3 is 12.4 Å². The summed E-state index contributed by atoms with van der Waals surface area (Å²) >= 11 is 0. The summed E-state index contributed by atoms with van der Waals surface area (Å²) in [5.41, 5.74) is 4.63. The first-order valence-electron chi connectivity index (χ1n) is 24.3. The van der Waals surface area contributed by atoms with E-state index in [9.17, 15) is 23.7 Å². The van der Waals surface area contributed by atoms with Crippen LogP contribution in [0.15, 0.2) is 206 Å². The van der Waals surface area contributed by atoms with Gasteiger partial charge in [-0.25, -0.2) is 9.69 Å². The topological polar surface area (TPSA) is 66.2 Å². The normalized spacial score (nSPS) is 11.7. The minimum atomic E-state index is -5.09. The first-order chi connectivity index (χ1) is 37.8. The molecule has 0 aliphatic heterocycles. The molecule has 0 atom stereocenters. The maximum absolute atomic E-state index is 17.0. The number of aromatic nitrogens is 2. The second-order valence-corrected chi connectivity index (χ2v) is 18.6. The standard InChI is InChI=1S/C66H34F6N6/c1-75-56-20-9-6-17-49(56)43-24-28-60-53(33-43)51-31-41(47-15-4-3-13-45(47)38-74)22-26-58(51)77(60)62-35-46(40-14-11-12-39(30-40)37-73)36-63(64(62)66(70,71)72)78-59-27-23-42(48-16-5-8-19-55(48)65(67,68)69)32-52(59)54-34-44(25-29-61(54)78)50-18-7-10-21-57(50)76-2/h3-36H. The molecule has 0 fully saturated rings. The summed E-state index contributed by atoms with van der Waals surface area (Å²) in [5, 5.41) is 22.1. The molecule has 2 heterocycles. The van der Waals surface area contributed by atoms with Gasteiger partial charge in [0.05, 0.1) is 75.4 Å². The van der Waals surface area contributed by atoms with Crippen LogP contribution >= 0.6 is 0 Å². The van der Waals surface area contributed by atoms with Crippen LogP contribution in [-0.4, -0.2) is 9.13 Å². The first-order valence-corrected chi connectivity index (χ1v) is 24.3. The van der Waals surface area contributed by atoms with E-state index in [0.717, 1.165) is 6.07 Å². The fraction of sp³-hybridized carbons (Fsp3) is 0.0303. The van der Waals surface area contributed by atoms with Crippen molar-refractivity contribution in [3.8, 4) is 79.1 Å². The van der Waals surface area contributed by atoms with Gasteiger partial charge in [-0.15, -0.1) is 0 Å². The van der Waals surface area contributed by atoms with Crippen LogP contribution in [0.1, 0.15) is 22.3 Å². The lowest BCUT2D eigenvalue weighted by atomic mass is 9.97. The maximum atomic E-state index is 17.0. The van der Waals surface area contributed by atoms with E-state index in [1.165, 1.54) is 47.0 Å². The zero-order valence-electron chi connectivity index (χ0n) is 40.6. The molecule has 0 spiro atoms. The number of halogens is 6. The molecule has 12 heteroatoms. The van der Waals surface area contributed by atoms with E-state index in [-0.39, 0.29) is 33.6 Å². The Morgan fingerprint density at radius 3 is 1.24 bits per heavy atom. The van der Waals surface area contributed by atoms with Crippen LogP contribution in [0.2, 0.25) is 0 Å². The summed E-state index contributed by atoms with van der Waals surface area (Å²) in [5.74, 6) is 0. The Labute approximate surface area is 442 Å². The Balaban J connectivity index is 1.23. The molecular weight excluding hydrogens is 991 g/mol. The largest absolute Gasteiger partial charge is 0.420 e. The summed E-state index contributed by atoms with van der Waals surface area (Å²) in [6.07, 6.45) is -9.82. The van der Waals surface area contributed by atoms with Crippen molar-refractivity contribution in [2.75, 3.05) is 0 Å². The number of benzene rings is 10. The zero-order valence-corrected chi connectivity index (χ0v) is 40.6. The average molecular weight is 1030 g/mol. The van der Waals surface area contributed by atoms with Gasteiger partial charge in [0.2, 0.25) is 0 Å². The summed E-state index contributed by atoms with van der Waals surface area (Å²) in [6.45, 7) is 15.9. The number of nitrogens with zero attached hydrogens (tertiary/aromatic N) is 6. The molecule has 370 valence electrons. The van der Waals surface area contributed by atoms with Gasteiger partial charge in [0.25, 0.3) is 0 Å². The molecule has 6 nitrogen and oxygen atoms in total. The molecule has 12 aromatic rings. The second-order valence-electron chi connectivity index (χ2n) is 18.6. The zero-order chi connectivity index (χ0) is 54.0. The smallest absolute Gasteiger partial charge is 0.309 e. The van der Waals surface area contributed by atoms with E-state index in [2.05, 4.69) is 21.8 Å². The molecule has 0 amide bonds. The van der Waals surface area contributed by atoms with Crippen LogP contribution in [0.5, 0.6) is 0 Å². The number of hydrogen-bond acceptors (Lipinski definition) is 2. The highest BCUT2D eigenvalue weighted by atomic mass is 19.4. The number of rotatable bonds is 7. The molecule has 2 aromatic heterocycles. The Hall–Kier alpha value is -10.7. The molecule has 78 heavy (non-hydrogen) atoms. The number of fused-ring (bicyclic) bond motifs is 6. The molecule has 0 saturated carbocycles. The van der Waals surface area contributed by atoms with E-state index in [0.29, 0.717) is 99.5 Å². The van der Waals surface area contributed by atoms with E-state index in [4.69, 9.17) is 13.1 Å². The monoisotopic (exact) mass is 1020 g/mol. The average Bonchev–Trinajstić information content (AvgIpc) is 4.12. The lowest BCUT2D eigenvalue weighted by molar-refractivity contribution is -0.138. The third-order valence-electron chi connectivity index (χ3n) is 14.3. The fourth-order valence-corrected chi connectivity index (χ4v) is 10.9. The SMILES string of the molecule is [C-]#[N+]c1ccccc1-c1ccc2c(c1)c1cc(-c3ccccc3C#N)ccc1n2-c1cc(-c2cccc(C#N)c2)cc(-n2c3ccc(-c4ccccc4[N+]#[C-])cc3c3cc(-c4ccccc4C(F)(F)F)ccc32)c1C(F)(F)F. The number of nitriles is 2. The van der Waals surface area contributed by atoms with Gasteiger partial charge in [0.15, 0.2) is 11.4 Å². The van der Waals surface area contributed by atoms with E-state index >= 15 is 13.2 Å². The van der Waals surface area contributed by atoms with E-state index in [1.54, 1.807) is 138 Å². The maximum Gasteiger partial charge on any atom is 0.420 e. The molecule has 0 aliphatic carbocycles. The Bertz CT molecular complexity index is 4550. The predicted molar refractivity (Wildman–Crippen MR) is 294 cm³/mol. The molecule has 0 unspecified atom stereocenters. The van der Waals surface area contributed by atoms with Crippen molar-refractivity contribution in [3.05, 3.63) is 251 Å². The Morgan fingerprint density at radius 2 is 0.795 bits per heavy atom. The third-order valence-corrected chi connectivity index (χ3v) is 14.3. The Kier molecular flexibility index (Phi) is 11.5. The van der Waals surface area contributed by atoms with Gasteiger partial charge in [-0.2, -0.15) is 36.9 Å². The third kappa shape index (κ3) is 8.05. The van der Waals surface area contributed by atoms with Crippen LogP contribution < -0.4 is 0 Å². The minimum absolute atomic E-state index is 0.119. The van der Waals surface area contributed by atoms with Crippen molar-refractivity contribution in [2.45, 2.75) is 12.4 Å². The quantitative estimate of drug-likeness (QED) is 0.118. The molecular formula is C66H34F6N6. The van der Waals surface area contributed by atoms with Crippen LogP contribution in [0, 0.1) is 35.8 Å². The van der Waals surface area contributed by atoms with E-state index in [1.807, 2.05) is 24.3 Å². The minimum Gasteiger partial charge on any atom is -0.309 e. The summed E-state index contributed by atoms with van der Waals surface area (Å²) < 4.78 is 98.1. The van der Waals surface area contributed by atoms with Crippen molar-refractivity contribution < 1.29 is 26.3 Å². The van der Waals surface area contributed by atoms with Gasteiger partial charge in [-0.05, 0) is 141 Å². The van der Waals surface area contributed by atoms with Gasteiger partial charge in [-0.1, -0.05) is 121 Å². The molecule has 0 bridgehead atoms. The second kappa shape index (κ2) is 18.6. The van der Waals surface area contributed by atoms with E-state index < -0.39 is 23.5 Å². The molecule has 0 aliphatic rings. The molecule has 0 saturated heterocycles. The highest BCUT2D eigenvalue weighted by molar-refractivity contribution is 6.14. The number of para-hydroxylation sites is 2. The fourth-order valence-electron chi connectivity index (χ4n) is 10.9. The summed E-state index contributed by atoms with van der Waals surface area (Å²) in [6, 6.07) is 60.4. The van der Waals surface area contributed by atoms with Gasteiger partial charge in [0, 0.05) is 21.5 Å². The Morgan fingerprint density at radius 1 is 0.372 bits per heavy atom. The molecule has 12 rings (SSSR count). The van der Waals surface area contributed by atoms with Crippen LogP contribution in [0.4, 0.5) is 37.7 Å². The summed E-state index contributed by atoms with van der Waals surface area (Å²) in [4.78, 5) is 7.47. The summed E-state index contributed by atoms with van der Waals surface area (Å²) in [7, 11) is 0. The highest BCUT2D eigenvalue weighted by Crippen LogP contribution is 2.49. The lowest BCUT2D eigenvalue weighted by Gasteiger charge is -2.23. The number of hydrogen-bond donors (Lipinski definition) is 0. The predicted octanol–water partition coefficient (Wildman–Crippen LogP) is 19.1. The first kappa shape index (κ1) is 48.3. The van der Waals surface area contributed by atoms with Crippen LogP contribution in [-0.2, 0) is 12.4 Å². The molecule has 10 aromatic carbocycles. The van der Waals surface area contributed by atoms with Gasteiger partial charge < -0.3 is 9.13 Å². The van der Waals surface area contributed by atoms with Crippen LogP contribution in [0.3, 0.4) is 0 Å². The van der Waals surface area contributed by atoms with Crippen molar-refractivity contribution in [1.82, 2.24) is 9.13 Å². The lowest BCUT2D eigenvalue weighted by Crippen LogP contribution is -2.16. The van der Waals surface area contributed by atoms with Crippen molar-refractivity contribution in [3.63, 3.8) is 0 Å². The van der Waals surface area contributed by atoms with Gasteiger partial charge in [-0.3, -0.25) is 0 Å². The number of alkyl halides is 6. The molecule has 0 N–H and O–H groups in total. The highest BCUT2D eigenvalue weighted by Gasteiger charge is 2.40. The van der Waals surface area contributed by atoms with Crippen molar-refractivity contribution in [1.29, 1.82) is 10.5 Å². The van der Waals surface area contributed by atoms with Crippen molar-refractivity contribution >= 4 is 55.0 Å². The van der Waals surface area contributed by atoms with Crippen molar-refractivity contribution in [2.24, 2.45) is 0 Å². The van der Waals surface area contributed by atoms with Crippen LogP contribution in [0.25, 0.3) is 120 Å². The molecule has 0 radical (unpaired) electrons. The van der Waals surface area contributed by atoms with Gasteiger partial charge in [0.1, 0.15) is 5.56 Å².